The molecule has 2 unspecified atom stereocenters. The van der Waals surface area contributed by atoms with Crippen LogP contribution in [0.15, 0.2) is 72.9 Å². The number of benzene rings is 2. The molecule has 2 atom stereocenters. The van der Waals surface area contributed by atoms with Crippen molar-refractivity contribution >= 4 is 28.4 Å². The molecule has 1 aliphatic rings. The molecule has 0 saturated carbocycles. The molecule has 1 aliphatic heterocycles. The Labute approximate surface area is 196 Å². The summed E-state index contributed by atoms with van der Waals surface area (Å²) in [4.78, 5) is 31.1. The molecule has 170 valence electrons. The zero-order valence-electron chi connectivity index (χ0n) is 18.6. The number of aryl methyl sites for hydroxylation is 2. The van der Waals surface area contributed by atoms with Crippen LogP contribution in [0.2, 0.25) is 0 Å². The van der Waals surface area contributed by atoms with Gasteiger partial charge in [-0.3, -0.25) is 18.7 Å². The number of nitrogens with one attached hydrogen (secondary N) is 1. The van der Waals surface area contributed by atoms with E-state index in [-0.39, 0.29) is 17.6 Å². The normalized spacial score (nSPS) is 17.8. The first-order valence-electron chi connectivity index (χ1n) is 11.1. The second-order valence-corrected chi connectivity index (χ2v) is 9.65. The first kappa shape index (κ1) is 22.9. The molecule has 4 rings (SSSR count). The molecular weight excluding hydrogens is 434 g/mol. The second kappa shape index (κ2) is 10.5. The van der Waals surface area contributed by atoms with Crippen LogP contribution in [-0.2, 0) is 22.0 Å². The minimum absolute atomic E-state index is 0.0574. The smallest absolute Gasteiger partial charge is 0.251 e. The third-order valence-electron chi connectivity index (χ3n) is 5.62. The van der Waals surface area contributed by atoms with E-state index in [2.05, 4.69) is 22.4 Å². The van der Waals surface area contributed by atoms with E-state index in [1.165, 1.54) is 10.5 Å². The van der Waals surface area contributed by atoms with Gasteiger partial charge in [-0.15, -0.1) is 0 Å². The summed E-state index contributed by atoms with van der Waals surface area (Å²) in [6.45, 7) is 2.51. The fourth-order valence-electron chi connectivity index (χ4n) is 3.96. The minimum atomic E-state index is -1.42. The van der Waals surface area contributed by atoms with Crippen LogP contribution in [0.4, 0.5) is 5.82 Å². The molecule has 6 nitrogen and oxygen atoms in total. The van der Waals surface area contributed by atoms with Crippen LogP contribution in [-0.4, -0.2) is 33.3 Å². The average Bonchev–Trinajstić information content (AvgIpc) is 3.13. The summed E-state index contributed by atoms with van der Waals surface area (Å²) < 4.78 is 12.8. The molecule has 0 radical (unpaired) electrons. The number of aromatic nitrogens is 1. The Balaban J connectivity index is 1.41. The second-order valence-electron chi connectivity index (χ2n) is 8.16. The van der Waals surface area contributed by atoms with Crippen LogP contribution >= 0.6 is 0 Å². The van der Waals surface area contributed by atoms with Gasteiger partial charge < -0.3 is 5.32 Å². The van der Waals surface area contributed by atoms with Gasteiger partial charge in [0.1, 0.15) is 16.9 Å². The van der Waals surface area contributed by atoms with Gasteiger partial charge in [-0.05, 0) is 67.1 Å². The molecule has 0 bridgehead atoms. The van der Waals surface area contributed by atoms with Gasteiger partial charge in [0.2, 0.25) is 5.91 Å². The number of nitrogens with zero attached hydrogens (tertiary/aromatic N) is 2. The lowest BCUT2D eigenvalue weighted by atomic mass is 10.1. The Kier molecular flexibility index (Phi) is 7.29. The number of carbonyl (C=O) groups excluding carboxylic acids is 2. The first-order chi connectivity index (χ1) is 16.0. The molecule has 2 heterocycles. The topological polar surface area (TPSA) is 79.4 Å². The predicted octanol–water partition coefficient (Wildman–Crippen LogP) is 3.94. The average molecular weight is 462 g/mol. The van der Waals surface area contributed by atoms with E-state index in [0.717, 1.165) is 24.8 Å². The molecule has 2 aromatic carbocycles. The highest BCUT2D eigenvalue weighted by Gasteiger charge is 2.40. The van der Waals surface area contributed by atoms with E-state index in [4.69, 9.17) is 0 Å². The van der Waals surface area contributed by atoms with E-state index >= 15 is 0 Å². The number of carbonyl (C=O) groups is 2. The molecule has 1 aromatic heterocycles. The number of amides is 2. The number of pyridine rings is 1. The summed E-state index contributed by atoms with van der Waals surface area (Å²) in [6, 6.07) is 21.0. The van der Waals surface area contributed by atoms with Crippen molar-refractivity contribution in [2.75, 3.05) is 17.2 Å². The summed E-state index contributed by atoms with van der Waals surface area (Å²) in [5.41, 5.74) is 3.41. The van der Waals surface area contributed by atoms with Crippen LogP contribution < -0.4 is 10.2 Å². The summed E-state index contributed by atoms with van der Waals surface area (Å²) in [5, 5.41) is 2.30. The fraction of sp³-hybridized carbons (Fsp3) is 0.269. The summed E-state index contributed by atoms with van der Waals surface area (Å²) in [6.07, 6.45) is 4.49. The van der Waals surface area contributed by atoms with Gasteiger partial charge in [-0.1, -0.05) is 42.5 Å². The molecule has 1 N–H and O–H groups in total. The van der Waals surface area contributed by atoms with Crippen molar-refractivity contribution < 1.29 is 13.8 Å². The molecule has 3 aromatic rings. The Hall–Kier alpha value is -3.32. The standard InChI is InChI=1S/C26H27N3O3S/c1-19-13-15-27-23(16-19)29-24(30)18-33(32)26(29)22-12-7-11-21(17-22)25(31)28-14-6-5-10-20-8-3-2-4-9-20/h2-4,7-9,11-13,15-17,26H,5-6,10,14,18H2,1H3,(H,28,31). The Morgan fingerprint density at radius 1 is 1.09 bits per heavy atom. The van der Waals surface area contributed by atoms with Crippen LogP contribution in [0, 0.1) is 6.92 Å². The van der Waals surface area contributed by atoms with Gasteiger partial charge in [0, 0.05) is 18.3 Å². The lowest BCUT2D eigenvalue weighted by Crippen LogP contribution is -2.30. The van der Waals surface area contributed by atoms with Crippen LogP contribution in [0.1, 0.15) is 45.3 Å². The molecular formula is C26H27N3O3S. The number of unbranched alkanes of at least 4 members (excludes halogenated alkanes) is 1. The third kappa shape index (κ3) is 5.54. The van der Waals surface area contributed by atoms with Gasteiger partial charge in [-0.2, -0.15) is 0 Å². The van der Waals surface area contributed by atoms with Crippen molar-refractivity contribution in [1.82, 2.24) is 10.3 Å². The molecule has 7 heteroatoms. The first-order valence-corrected chi connectivity index (χ1v) is 12.4. The Bertz CT molecular complexity index is 1170. The van der Waals surface area contributed by atoms with Crippen LogP contribution in [0.3, 0.4) is 0 Å². The maximum Gasteiger partial charge on any atom is 0.251 e. The molecule has 1 saturated heterocycles. The van der Waals surface area contributed by atoms with Crippen molar-refractivity contribution in [3.63, 3.8) is 0 Å². The quantitative estimate of drug-likeness (QED) is 0.516. The molecule has 0 aliphatic carbocycles. The van der Waals surface area contributed by atoms with Gasteiger partial charge in [0.25, 0.3) is 5.91 Å². The van der Waals surface area contributed by atoms with Gasteiger partial charge >= 0.3 is 0 Å². The Morgan fingerprint density at radius 2 is 1.91 bits per heavy atom. The summed E-state index contributed by atoms with van der Waals surface area (Å²) >= 11 is 0. The van der Waals surface area contributed by atoms with E-state index in [9.17, 15) is 13.8 Å². The summed E-state index contributed by atoms with van der Waals surface area (Å²) in [7, 11) is -1.42. The fourth-order valence-corrected chi connectivity index (χ4v) is 5.41. The molecule has 2 amide bonds. The van der Waals surface area contributed by atoms with Gasteiger partial charge in [-0.25, -0.2) is 4.98 Å². The van der Waals surface area contributed by atoms with E-state index in [1.54, 1.807) is 36.5 Å². The molecule has 1 fully saturated rings. The van der Waals surface area contributed by atoms with Gasteiger partial charge in [0.05, 0.1) is 10.8 Å². The van der Waals surface area contributed by atoms with E-state index < -0.39 is 16.2 Å². The maximum absolute atomic E-state index is 12.8. The van der Waals surface area contributed by atoms with E-state index in [0.29, 0.717) is 23.5 Å². The highest BCUT2D eigenvalue weighted by Crippen LogP contribution is 2.34. The number of rotatable bonds is 8. The highest BCUT2D eigenvalue weighted by molar-refractivity contribution is 7.86. The minimum Gasteiger partial charge on any atom is -0.352 e. The lowest BCUT2D eigenvalue weighted by molar-refractivity contribution is -0.115. The zero-order chi connectivity index (χ0) is 23.2. The third-order valence-corrected chi connectivity index (χ3v) is 7.13. The van der Waals surface area contributed by atoms with Crippen molar-refractivity contribution in [2.45, 2.75) is 31.6 Å². The monoisotopic (exact) mass is 461 g/mol. The molecule has 0 spiro atoms. The lowest BCUT2D eigenvalue weighted by Gasteiger charge is -2.23. The summed E-state index contributed by atoms with van der Waals surface area (Å²) in [5.74, 6) is 0.0127. The van der Waals surface area contributed by atoms with Crippen molar-refractivity contribution in [3.8, 4) is 0 Å². The van der Waals surface area contributed by atoms with Crippen molar-refractivity contribution in [2.24, 2.45) is 0 Å². The van der Waals surface area contributed by atoms with Crippen molar-refractivity contribution in [1.29, 1.82) is 0 Å². The van der Waals surface area contributed by atoms with Crippen LogP contribution in [0.25, 0.3) is 0 Å². The largest absolute Gasteiger partial charge is 0.352 e. The maximum atomic E-state index is 12.8. The number of hydrogen-bond acceptors (Lipinski definition) is 4. The number of anilines is 1. The van der Waals surface area contributed by atoms with E-state index in [1.807, 2.05) is 31.2 Å². The predicted molar refractivity (Wildman–Crippen MR) is 130 cm³/mol. The SMILES string of the molecule is Cc1ccnc(N2C(=O)CS(=O)C2c2cccc(C(=O)NCCCCc3ccccc3)c2)c1. The number of hydrogen-bond donors (Lipinski definition) is 1. The van der Waals surface area contributed by atoms with Gasteiger partial charge in [0.15, 0.2) is 0 Å². The highest BCUT2D eigenvalue weighted by atomic mass is 32.2. The van der Waals surface area contributed by atoms with Crippen LogP contribution in [0.5, 0.6) is 0 Å². The molecule has 33 heavy (non-hydrogen) atoms. The Morgan fingerprint density at radius 3 is 2.70 bits per heavy atom. The zero-order valence-corrected chi connectivity index (χ0v) is 19.4. The van der Waals surface area contributed by atoms with Crippen molar-refractivity contribution in [3.05, 3.63) is 95.2 Å².